The number of fused-ring (bicyclic) bond motifs is 1. The maximum atomic E-state index is 12.9. The van der Waals surface area contributed by atoms with Crippen LogP contribution in [0, 0.1) is 5.92 Å². The number of ether oxygens (including phenoxy) is 2. The summed E-state index contributed by atoms with van der Waals surface area (Å²) in [5, 5.41) is 3.16. The Bertz CT molecular complexity index is 1010. The third kappa shape index (κ3) is 6.36. The molecule has 0 saturated carbocycles. The normalized spacial score (nSPS) is 17.7. The largest absolute Gasteiger partial charge is 0.490 e. The molecule has 0 aliphatic carbocycles. The van der Waals surface area contributed by atoms with E-state index in [4.69, 9.17) is 9.47 Å². The molecule has 4 rings (SSSR count). The minimum atomic E-state index is -4.40. The van der Waals surface area contributed by atoms with Crippen molar-refractivity contribution in [3.8, 4) is 11.5 Å². The van der Waals surface area contributed by atoms with E-state index in [1.165, 1.54) is 6.07 Å². The number of hydrogen-bond acceptors (Lipinski definition) is 6. The molecule has 1 aromatic carbocycles. The van der Waals surface area contributed by atoms with Crippen LogP contribution in [0.25, 0.3) is 0 Å². The first kappa shape index (κ1) is 25.1. The van der Waals surface area contributed by atoms with E-state index in [1.54, 1.807) is 0 Å². The summed E-state index contributed by atoms with van der Waals surface area (Å²) in [5.74, 6) is 2.04. The average molecular weight is 493 g/mol. The second-order valence-electron chi connectivity index (χ2n) is 9.21. The molecule has 35 heavy (non-hydrogen) atoms. The number of nitrogens with one attached hydrogen (secondary N) is 1. The van der Waals surface area contributed by atoms with Gasteiger partial charge in [-0.15, -0.1) is 0 Å². The van der Waals surface area contributed by atoms with Crippen LogP contribution >= 0.6 is 0 Å². The van der Waals surface area contributed by atoms with Crippen molar-refractivity contribution in [2.45, 2.75) is 32.5 Å². The van der Waals surface area contributed by atoms with E-state index in [0.717, 1.165) is 30.0 Å². The van der Waals surface area contributed by atoms with Crippen LogP contribution < -0.4 is 19.7 Å². The summed E-state index contributed by atoms with van der Waals surface area (Å²) in [6, 6.07) is 8.08. The van der Waals surface area contributed by atoms with Crippen molar-refractivity contribution in [2.24, 2.45) is 5.92 Å². The van der Waals surface area contributed by atoms with E-state index < -0.39 is 11.7 Å². The van der Waals surface area contributed by atoms with Gasteiger partial charge in [0.2, 0.25) is 5.91 Å². The predicted octanol–water partition coefficient (Wildman–Crippen LogP) is 3.90. The van der Waals surface area contributed by atoms with Gasteiger partial charge in [-0.2, -0.15) is 13.2 Å². The first-order valence-corrected chi connectivity index (χ1v) is 11.9. The van der Waals surface area contributed by atoms with E-state index in [1.807, 2.05) is 28.0 Å². The lowest BCUT2D eigenvalue weighted by molar-refractivity contribution is -0.137. The molecule has 3 heterocycles. The molecule has 2 aliphatic heterocycles. The summed E-state index contributed by atoms with van der Waals surface area (Å²) in [7, 11) is 0. The van der Waals surface area contributed by atoms with Crippen molar-refractivity contribution in [2.75, 3.05) is 50.8 Å². The standard InChI is InChI=1S/C25H31F3N4O3/c1-17(2)24(18-4-6-20-21(14-18)35-13-3-12-34-20)30-23(33)16-31-8-10-32(11-9-31)22-7-5-19(15-29-22)25(26,27)28/h4-7,14-15,17,24H,3,8-13,16H2,1-2H3,(H,30,33)/t24-/m0/s1. The number of nitrogens with zero attached hydrogens (tertiary/aromatic N) is 3. The molecule has 2 aliphatic rings. The van der Waals surface area contributed by atoms with Gasteiger partial charge in [0.1, 0.15) is 5.82 Å². The van der Waals surface area contributed by atoms with Crippen LogP contribution in [-0.2, 0) is 11.0 Å². The summed E-state index contributed by atoms with van der Waals surface area (Å²) < 4.78 is 49.8. The Kier molecular flexibility index (Phi) is 7.69. The molecule has 0 unspecified atom stereocenters. The number of benzene rings is 1. The first-order chi connectivity index (χ1) is 16.7. The number of carbonyl (C=O) groups excluding carboxylic acids is 1. The summed E-state index contributed by atoms with van der Waals surface area (Å²) in [6.45, 7) is 8.00. The molecule has 1 saturated heterocycles. The number of amides is 1. The molecule has 1 atom stereocenters. The highest BCUT2D eigenvalue weighted by molar-refractivity contribution is 5.78. The van der Waals surface area contributed by atoms with E-state index in [9.17, 15) is 18.0 Å². The summed E-state index contributed by atoms with van der Waals surface area (Å²) in [4.78, 5) is 20.8. The Morgan fingerprint density at radius 1 is 1.06 bits per heavy atom. The maximum Gasteiger partial charge on any atom is 0.417 e. The zero-order valence-corrected chi connectivity index (χ0v) is 20.0. The van der Waals surface area contributed by atoms with Crippen LogP contribution in [0.5, 0.6) is 11.5 Å². The number of halogens is 3. The lowest BCUT2D eigenvalue weighted by Gasteiger charge is -2.35. The van der Waals surface area contributed by atoms with E-state index >= 15 is 0 Å². The van der Waals surface area contributed by atoms with Crippen LogP contribution in [0.1, 0.15) is 37.4 Å². The smallest absolute Gasteiger partial charge is 0.417 e. The fourth-order valence-corrected chi connectivity index (χ4v) is 4.31. The van der Waals surface area contributed by atoms with Crippen molar-refractivity contribution < 1.29 is 27.4 Å². The molecule has 1 N–H and O–H groups in total. The minimum Gasteiger partial charge on any atom is -0.490 e. The highest BCUT2D eigenvalue weighted by atomic mass is 19.4. The van der Waals surface area contributed by atoms with Crippen LogP contribution in [0.4, 0.5) is 19.0 Å². The number of carbonyl (C=O) groups is 1. The van der Waals surface area contributed by atoms with Gasteiger partial charge >= 0.3 is 6.18 Å². The van der Waals surface area contributed by atoms with E-state index in [0.29, 0.717) is 51.0 Å². The minimum absolute atomic E-state index is 0.0723. The Morgan fingerprint density at radius 3 is 2.40 bits per heavy atom. The van der Waals surface area contributed by atoms with Crippen molar-refractivity contribution in [3.63, 3.8) is 0 Å². The highest BCUT2D eigenvalue weighted by Gasteiger charge is 2.31. The van der Waals surface area contributed by atoms with Crippen LogP contribution in [0.3, 0.4) is 0 Å². The molecule has 190 valence electrons. The van der Waals surface area contributed by atoms with Gasteiger partial charge in [-0.25, -0.2) is 4.98 Å². The average Bonchev–Trinajstić information content (AvgIpc) is 3.07. The van der Waals surface area contributed by atoms with Gasteiger partial charge in [-0.1, -0.05) is 19.9 Å². The number of rotatable bonds is 6. The second-order valence-corrected chi connectivity index (χ2v) is 9.21. The van der Waals surface area contributed by atoms with Crippen molar-refractivity contribution >= 4 is 11.7 Å². The molecule has 0 bridgehead atoms. The monoisotopic (exact) mass is 492 g/mol. The van der Waals surface area contributed by atoms with Crippen LogP contribution in [0.2, 0.25) is 0 Å². The van der Waals surface area contributed by atoms with Gasteiger partial charge in [-0.3, -0.25) is 9.69 Å². The Balaban J connectivity index is 1.31. The fraction of sp³-hybridized carbons (Fsp3) is 0.520. The molecule has 2 aromatic rings. The zero-order chi connectivity index (χ0) is 25.0. The Hall–Kier alpha value is -3.01. The lowest BCUT2D eigenvalue weighted by atomic mass is 9.95. The number of alkyl halides is 3. The lowest BCUT2D eigenvalue weighted by Crippen LogP contribution is -2.50. The predicted molar refractivity (Wildman–Crippen MR) is 126 cm³/mol. The van der Waals surface area contributed by atoms with Gasteiger partial charge in [0.25, 0.3) is 0 Å². The first-order valence-electron chi connectivity index (χ1n) is 11.9. The second kappa shape index (κ2) is 10.7. The maximum absolute atomic E-state index is 12.9. The fourth-order valence-electron chi connectivity index (χ4n) is 4.31. The van der Waals surface area contributed by atoms with Gasteiger partial charge in [0.15, 0.2) is 11.5 Å². The third-order valence-corrected chi connectivity index (χ3v) is 6.25. The molecule has 0 spiro atoms. The zero-order valence-electron chi connectivity index (χ0n) is 20.0. The quantitative estimate of drug-likeness (QED) is 0.660. The Labute approximate surface area is 203 Å². The molecule has 0 radical (unpaired) electrons. The molecule has 1 fully saturated rings. The number of hydrogen-bond donors (Lipinski definition) is 1. The molecular weight excluding hydrogens is 461 g/mol. The van der Waals surface area contributed by atoms with Crippen LogP contribution in [-0.4, -0.2) is 61.7 Å². The molecule has 1 aromatic heterocycles. The summed E-state index contributed by atoms with van der Waals surface area (Å²) in [5.41, 5.74) is 0.209. The SMILES string of the molecule is CC(C)[C@H](NC(=O)CN1CCN(c2ccc(C(F)(F)F)cn2)CC1)c1ccc2c(c1)OCCCO2. The van der Waals surface area contributed by atoms with Crippen LogP contribution in [0.15, 0.2) is 36.5 Å². The third-order valence-electron chi connectivity index (χ3n) is 6.25. The van der Waals surface area contributed by atoms with Crippen molar-refractivity contribution in [1.82, 2.24) is 15.2 Å². The molecule has 10 heteroatoms. The van der Waals surface area contributed by atoms with E-state index in [-0.39, 0.29) is 24.4 Å². The van der Waals surface area contributed by atoms with Crippen molar-refractivity contribution in [3.05, 3.63) is 47.7 Å². The number of pyridine rings is 1. The molecule has 1 amide bonds. The van der Waals surface area contributed by atoms with E-state index in [2.05, 4.69) is 24.1 Å². The van der Waals surface area contributed by atoms with Gasteiger partial charge in [-0.05, 0) is 35.7 Å². The van der Waals surface area contributed by atoms with Gasteiger partial charge in [0, 0.05) is 38.8 Å². The number of aromatic nitrogens is 1. The number of anilines is 1. The highest BCUT2D eigenvalue weighted by Crippen LogP contribution is 2.34. The summed E-state index contributed by atoms with van der Waals surface area (Å²) in [6.07, 6.45) is -2.71. The van der Waals surface area contributed by atoms with Crippen molar-refractivity contribution in [1.29, 1.82) is 0 Å². The number of piperazine rings is 1. The molecular formula is C25H31F3N4O3. The molecule has 7 nitrogen and oxygen atoms in total. The van der Waals surface area contributed by atoms with Gasteiger partial charge < -0.3 is 19.7 Å². The topological polar surface area (TPSA) is 66.9 Å². The summed E-state index contributed by atoms with van der Waals surface area (Å²) >= 11 is 0. The Morgan fingerprint density at radius 2 is 1.77 bits per heavy atom. The van der Waals surface area contributed by atoms with Gasteiger partial charge in [0.05, 0.1) is 31.4 Å².